The van der Waals surface area contributed by atoms with Crippen molar-refractivity contribution in [3.63, 3.8) is 0 Å². The Morgan fingerprint density at radius 3 is 2.31 bits per heavy atom. The van der Waals surface area contributed by atoms with Crippen LogP contribution in [0.1, 0.15) is 63.8 Å². The molecule has 8 nitrogen and oxygen atoms in total. The zero-order chi connectivity index (χ0) is 31.0. The number of alkyl halides is 3. The van der Waals surface area contributed by atoms with Gasteiger partial charge in [0.05, 0.1) is 17.1 Å². The van der Waals surface area contributed by atoms with Crippen molar-refractivity contribution in [3.8, 4) is 0 Å². The van der Waals surface area contributed by atoms with E-state index in [-0.39, 0.29) is 36.3 Å². The second-order valence-electron chi connectivity index (χ2n) is 12.5. The number of carbonyl (C=O) groups is 2. The van der Waals surface area contributed by atoms with E-state index in [9.17, 15) is 27.9 Å². The smallest absolute Gasteiger partial charge is 0.435 e. The van der Waals surface area contributed by atoms with Crippen LogP contribution in [-0.4, -0.2) is 49.8 Å². The first-order chi connectivity index (χ1) is 19.5. The Morgan fingerprint density at radius 2 is 1.74 bits per heavy atom. The van der Waals surface area contributed by atoms with Gasteiger partial charge < -0.3 is 19.7 Å². The Morgan fingerprint density at radius 1 is 1.07 bits per heavy atom. The summed E-state index contributed by atoms with van der Waals surface area (Å²) in [7, 11) is 0. The molecule has 1 unspecified atom stereocenters. The summed E-state index contributed by atoms with van der Waals surface area (Å²) in [6, 6.07) is 11.6. The minimum Gasteiger partial charge on any atom is -0.465 e. The number of halogens is 3. The van der Waals surface area contributed by atoms with E-state index in [2.05, 4.69) is 10.3 Å². The first kappa shape index (κ1) is 31.1. The van der Waals surface area contributed by atoms with E-state index in [0.717, 1.165) is 10.5 Å². The summed E-state index contributed by atoms with van der Waals surface area (Å²) in [6.45, 7) is 10.2. The number of carbonyl (C=O) groups excluding carboxylic acids is 1. The van der Waals surface area contributed by atoms with Crippen LogP contribution in [-0.2, 0) is 36.8 Å². The molecule has 4 rings (SSSR count). The normalized spacial score (nSPS) is 16.3. The third-order valence-electron chi connectivity index (χ3n) is 6.94. The molecule has 0 saturated heterocycles. The standard InChI is InChI=1S/C31H37F3N4O4/c1-29(2,3)38(28(40)41)26(36-27(39)42-30(4,5)6)23-18-37-15-14-22-24(31(32,33)34)20(16-21(17-35-23)25(22)37)13-12-19-10-8-7-9-11-19/h7-11,14-16,23,35H,12-13,17-18H2,1-6H3,(H,40,41). The minimum atomic E-state index is -4.58. The topological polar surface area (TPSA) is 96.2 Å². The van der Waals surface area contributed by atoms with Crippen LogP contribution in [0, 0.1) is 0 Å². The number of aryl methyl sites for hydroxylation is 2. The third-order valence-corrected chi connectivity index (χ3v) is 6.94. The van der Waals surface area contributed by atoms with Gasteiger partial charge >= 0.3 is 18.4 Å². The highest BCUT2D eigenvalue weighted by Crippen LogP contribution is 2.40. The molecule has 1 aliphatic heterocycles. The Bertz CT molecular complexity index is 1500. The largest absolute Gasteiger partial charge is 0.465 e. The monoisotopic (exact) mass is 586 g/mol. The Kier molecular flexibility index (Phi) is 8.46. The molecule has 0 spiro atoms. The van der Waals surface area contributed by atoms with Gasteiger partial charge in [0.1, 0.15) is 11.4 Å². The third kappa shape index (κ3) is 6.95. The average Bonchev–Trinajstić information content (AvgIpc) is 3.15. The van der Waals surface area contributed by atoms with E-state index in [1.54, 1.807) is 58.4 Å². The number of benzene rings is 2. The molecule has 42 heavy (non-hydrogen) atoms. The number of hydrogen-bond donors (Lipinski definition) is 2. The fraction of sp³-hybridized carbons (Fsp3) is 0.452. The van der Waals surface area contributed by atoms with Gasteiger partial charge in [0.25, 0.3) is 0 Å². The van der Waals surface area contributed by atoms with Gasteiger partial charge in [-0.1, -0.05) is 36.4 Å². The molecule has 0 bridgehead atoms. The number of carboxylic acid groups (broad SMARTS) is 1. The Hall–Kier alpha value is -3.86. The van der Waals surface area contributed by atoms with E-state index in [4.69, 9.17) is 4.74 Å². The Balaban J connectivity index is 1.79. The summed E-state index contributed by atoms with van der Waals surface area (Å²) in [6.07, 6.45) is -4.66. The second-order valence-corrected chi connectivity index (χ2v) is 12.5. The zero-order valence-corrected chi connectivity index (χ0v) is 24.7. The molecule has 2 aromatic carbocycles. The van der Waals surface area contributed by atoms with Crippen LogP contribution < -0.4 is 5.32 Å². The fourth-order valence-electron chi connectivity index (χ4n) is 5.36. The number of nitrogens with one attached hydrogen (secondary N) is 1. The van der Waals surface area contributed by atoms with Crippen LogP contribution in [0.15, 0.2) is 53.7 Å². The SMILES string of the molecule is CC(C)(C)OC(=O)N=C(C1Cn2ccc3c(C(F)(F)F)c(CCc4ccccc4)cc(c32)CN1)N(C(=O)O)C(C)(C)C. The van der Waals surface area contributed by atoms with Crippen molar-refractivity contribution >= 4 is 28.9 Å². The van der Waals surface area contributed by atoms with Gasteiger partial charge in [-0.05, 0) is 77.1 Å². The number of amidine groups is 1. The second kappa shape index (κ2) is 11.4. The van der Waals surface area contributed by atoms with Crippen molar-refractivity contribution in [2.75, 3.05) is 0 Å². The highest BCUT2D eigenvalue weighted by Gasteiger charge is 2.40. The maximum absolute atomic E-state index is 14.5. The molecule has 11 heteroatoms. The fourth-order valence-corrected chi connectivity index (χ4v) is 5.36. The lowest BCUT2D eigenvalue weighted by atomic mass is 9.94. The predicted octanol–water partition coefficient (Wildman–Crippen LogP) is 7.03. The van der Waals surface area contributed by atoms with Gasteiger partial charge in [-0.3, -0.25) is 4.90 Å². The molecule has 0 fully saturated rings. The van der Waals surface area contributed by atoms with E-state index in [1.807, 2.05) is 30.3 Å². The summed E-state index contributed by atoms with van der Waals surface area (Å²) in [5, 5.41) is 13.5. The summed E-state index contributed by atoms with van der Waals surface area (Å²) >= 11 is 0. The molecule has 0 saturated carbocycles. The van der Waals surface area contributed by atoms with Crippen molar-refractivity contribution in [2.24, 2.45) is 4.99 Å². The number of hydrogen-bond acceptors (Lipinski definition) is 4. The lowest BCUT2D eigenvalue weighted by molar-refractivity contribution is -0.136. The van der Waals surface area contributed by atoms with Gasteiger partial charge in [-0.25, -0.2) is 9.59 Å². The van der Waals surface area contributed by atoms with Crippen LogP contribution in [0.3, 0.4) is 0 Å². The number of nitrogens with zero attached hydrogens (tertiary/aromatic N) is 3. The number of ether oxygens (including phenoxy) is 1. The summed E-state index contributed by atoms with van der Waals surface area (Å²) in [5.41, 5.74) is -0.349. The highest BCUT2D eigenvalue weighted by atomic mass is 19.4. The van der Waals surface area contributed by atoms with Gasteiger partial charge in [-0.2, -0.15) is 18.2 Å². The molecule has 1 aromatic heterocycles. The molecule has 226 valence electrons. The summed E-state index contributed by atoms with van der Waals surface area (Å²) < 4.78 is 50.6. The first-order valence-corrected chi connectivity index (χ1v) is 13.8. The Labute approximate surface area is 243 Å². The maximum Gasteiger partial charge on any atom is 0.435 e. The van der Waals surface area contributed by atoms with Crippen LogP contribution in [0.2, 0.25) is 0 Å². The van der Waals surface area contributed by atoms with Crippen LogP contribution in [0.4, 0.5) is 22.8 Å². The average molecular weight is 587 g/mol. The summed E-state index contributed by atoms with van der Waals surface area (Å²) in [5.74, 6) is -0.0979. The highest BCUT2D eigenvalue weighted by molar-refractivity contribution is 6.03. The van der Waals surface area contributed by atoms with Crippen LogP contribution in [0.5, 0.6) is 0 Å². The predicted molar refractivity (Wildman–Crippen MR) is 155 cm³/mol. The van der Waals surface area contributed by atoms with Crippen molar-refractivity contribution in [1.29, 1.82) is 0 Å². The van der Waals surface area contributed by atoms with Crippen molar-refractivity contribution < 1.29 is 32.6 Å². The van der Waals surface area contributed by atoms with Gasteiger partial charge in [0, 0.05) is 30.2 Å². The van der Waals surface area contributed by atoms with Gasteiger partial charge in [0.2, 0.25) is 0 Å². The lowest BCUT2D eigenvalue weighted by Crippen LogP contribution is -2.56. The van der Waals surface area contributed by atoms with Gasteiger partial charge in [-0.15, -0.1) is 0 Å². The molecule has 1 aliphatic rings. The van der Waals surface area contributed by atoms with Crippen LogP contribution in [0.25, 0.3) is 10.9 Å². The number of aromatic nitrogens is 1. The lowest BCUT2D eigenvalue weighted by Gasteiger charge is -2.36. The molecule has 2 amide bonds. The van der Waals surface area contributed by atoms with E-state index < -0.39 is 41.1 Å². The van der Waals surface area contributed by atoms with Crippen LogP contribution >= 0.6 is 0 Å². The number of aliphatic imine (C=N–C) groups is 1. The molecule has 3 aromatic rings. The molecule has 0 radical (unpaired) electrons. The minimum absolute atomic E-state index is 0.0403. The zero-order valence-electron chi connectivity index (χ0n) is 24.7. The molecule has 2 N–H and O–H groups in total. The number of rotatable bonds is 4. The number of amides is 2. The van der Waals surface area contributed by atoms with E-state index in [1.165, 1.54) is 6.07 Å². The van der Waals surface area contributed by atoms with Crippen molar-refractivity contribution in [3.05, 3.63) is 70.9 Å². The molecule has 0 aliphatic carbocycles. The molecular formula is C31H37F3N4O4. The molecular weight excluding hydrogens is 549 g/mol. The van der Waals surface area contributed by atoms with Crippen molar-refractivity contribution in [1.82, 2.24) is 14.8 Å². The molecule has 1 atom stereocenters. The van der Waals surface area contributed by atoms with E-state index >= 15 is 0 Å². The molecule has 2 heterocycles. The van der Waals surface area contributed by atoms with E-state index in [0.29, 0.717) is 17.5 Å². The maximum atomic E-state index is 14.5. The summed E-state index contributed by atoms with van der Waals surface area (Å²) in [4.78, 5) is 30.4. The van der Waals surface area contributed by atoms with Crippen molar-refractivity contribution in [2.45, 2.75) is 90.8 Å². The van der Waals surface area contributed by atoms with Gasteiger partial charge in [0.15, 0.2) is 0 Å². The quantitative estimate of drug-likeness (QED) is 0.253. The first-order valence-electron chi connectivity index (χ1n) is 13.8.